The minimum Gasteiger partial charge on any atom is -0.478 e. The monoisotopic (exact) mass is 259 g/mol. The predicted molar refractivity (Wildman–Crippen MR) is 72.2 cm³/mol. The molecule has 5 nitrogen and oxygen atoms in total. The van der Waals surface area contributed by atoms with Crippen molar-refractivity contribution in [3.8, 4) is 17.6 Å². The molecular formula is C14H17N3O2. The maximum Gasteiger partial charge on any atom is 0.325 e. The molecule has 1 heterocycles. The molecule has 1 aromatic carbocycles. The molecule has 2 aromatic rings. The van der Waals surface area contributed by atoms with Crippen LogP contribution in [0.3, 0.4) is 0 Å². The molecule has 0 fully saturated rings. The number of hydrogen-bond donors (Lipinski definition) is 1. The van der Waals surface area contributed by atoms with E-state index in [9.17, 15) is 0 Å². The van der Waals surface area contributed by atoms with Gasteiger partial charge in [-0.3, -0.25) is 0 Å². The summed E-state index contributed by atoms with van der Waals surface area (Å²) in [6.07, 6.45) is 2.54. The van der Waals surface area contributed by atoms with Gasteiger partial charge in [0.15, 0.2) is 0 Å². The van der Waals surface area contributed by atoms with E-state index in [1.54, 1.807) is 12.3 Å². The van der Waals surface area contributed by atoms with Gasteiger partial charge in [0.25, 0.3) is 0 Å². The first-order valence-electron chi connectivity index (χ1n) is 6.24. The molecule has 2 N–H and O–H groups in total. The van der Waals surface area contributed by atoms with Gasteiger partial charge in [0.2, 0.25) is 5.88 Å². The number of nitrogens with two attached hydrogens (primary N) is 1. The molecule has 5 heteroatoms. The minimum atomic E-state index is 0.266. The second-order valence-corrected chi connectivity index (χ2v) is 3.98. The van der Waals surface area contributed by atoms with Crippen LogP contribution in [0.4, 0.5) is 0 Å². The highest BCUT2D eigenvalue weighted by Crippen LogP contribution is 2.20. The second kappa shape index (κ2) is 6.70. The van der Waals surface area contributed by atoms with E-state index in [1.807, 2.05) is 31.2 Å². The Kier molecular flexibility index (Phi) is 4.69. The van der Waals surface area contributed by atoms with Gasteiger partial charge in [0, 0.05) is 18.8 Å². The van der Waals surface area contributed by atoms with Crippen LogP contribution in [0.25, 0.3) is 0 Å². The van der Waals surface area contributed by atoms with E-state index in [2.05, 4.69) is 9.97 Å². The number of rotatable bonds is 6. The van der Waals surface area contributed by atoms with Gasteiger partial charge in [-0.05, 0) is 24.1 Å². The smallest absolute Gasteiger partial charge is 0.325 e. The van der Waals surface area contributed by atoms with E-state index in [1.165, 1.54) is 0 Å². The lowest BCUT2D eigenvalue weighted by molar-refractivity contribution is 0.298. The van der Waals surface area contributed by atoms with Gasteiger partial charge in [0.05, 0.1) is 6.61 Å². The first-order valence-corrected chi connectivity index (χ1v) is 6.24. The molecule has 100 valence electrons. The Morgan fingerprint density at radius 3 is 2.95 bits per heavy atom. The number of aromatic nitrogens is 2. The molecule has 0 aliphatic carbocycles. The zero-order valence-corrected chi connectivity index (χ0v) is 10.9. The van der Waals surface area contributed by atoms with E-state index in [0.29, 0.717) is 24.8 Å². The summed E-state index contributed by atoms with van der Waals surface area (Å²) in [6, 6.07) is 9.50. The molecule has 0 aliphatic rings. The summed E-state index contributed by atoms with van der Waals surface area (Å²) in [5, 5.41) is 0. The number of nitrogens with zero attached hydrogens (tertiary/aromatic N) is 2. The molecule has 0 bridgehead atoms. The third kappa shape index (κ3) is 3.93. The van der Waals surface area contributed by atoms with Crippen LogP contribution >= 0.6 is 0 Å². The van der Waals surface area contributed by atoms with Crippen LogP contribution in [0.2, 0.25) is 0 Å². The second-order valence-electron chi connectivity index (χ2n) is 3.98. The van der Waals surface area contributed by atoms with E-state index >= 15 is 0 Å². The van der Waals surface area contributed by atoms with Gasteiger partial charge >= 0.3 is 6.01 Å². The predicted octanol–water partition coefficient (Wildman–Crippen LogP) is 2.52. The fourth-order valence-corrected chi connectivity index (χ4v) is 1.50. The molecule has 0 amide bonds. The zero-order valence-electron chi connectivity index (χ0n) is 10.9. The molecular weight excluding hydrogens is 242 g/mol. The standard InChI is InChI=1S/C14H17N3O2/c1-2-8-18-13-6-7-16-14(17-13)19-12-5-3-4-11(9-12)10-15/h3-7,9H,2,8,10,15H2,1H3. The molecule has 0 radical (unpaired) electrons. The van der Waals surface area contributed by atoms with Gasteiger partial charge in [-0.25, -0.2) is 4.98 Å². The van der Waals surface area contributed by atoms with Crippen LogP contribution < -0.4 is 15.2 Å². The van der Waals surface area contributed by atoms with Crippen LogP contribution in [0.15, 0.2) is 36.5 Å². The summed E-state index contributed by atoms with van der Waals surface area (Å²) in [7, 11) is 0. The third-order valence-corrected chi connectivity index (χ3v) is 2.41. The molecule has 19 heavy (non-hydrogen) atoms. The van der Waals surface area contributed by atoms with Gasteiger partial charge in [-0.1, -0.05) is 19.1 Å². The van der Waals surface area contributed by atoms with Crippen molar-refractivity contribution >= 4 is 0 Å². The Morgan fingerprint density at radius 2 is 2.16 bits per heavy atom. The maximum absolute atomic E-state index is 5.58. The van der Waals surface area contributed by atoms with E-state index in [4.69, 9.17) is 15.2 Å². The molecule has 2 rings (SSSR count). The fraction of sp³-hybridized carbons (Fsp3) is 0.286. The number of benzene rings is 1. The van der Waals surface area contributed by atoms with Crippen LogP contribution in [-0.2, 0) is 6.54 Å². The van der Waals surface area contributed by atoms with Crippen molar-refractivity contribution < 1.29 is 9.47 Å². The topological polar surface area (TPSA) is 70.3 Å². The van der Waals surface area contributed by atoms with Crippen LogP contribution in [-0.4, -0.2) is 16.6 Å². The first-order chi connectivity index (χ1) is 9.31. The Balaban J connectivity index is 2.09. The minimum absolute atomic E-state index is 0.266. The number of ether oxygens (including phenoxy) is 2. The Bertz CT molecular complexity index is 532. The Morgan fingerprint density at radius 1 is 1.26 bits per heavy atom. The molecule has 0 aliphatic heterocycles. The van der Waals surface area contributed by atoms with Crippen LogP contribution in [0.5, 0.6) is 17.6 Å². The average molecular weight is 259 g/mol. The average Bonchev–Trinajstić information content (AvgIpc) is 2.46. The summed E-state index contributed by atoms with van der Waals surface area (Å²) in [5.74, 6) is 1.18. The molecule has 0 saturated carbocycles. The molecule has 0 saturated heterocycles. The zero-order chi connectivity index (χ0) is 13.5. The van der Waals surface area contributed by atoms with Crippen molar-refractivity contribution in [2.24, 2.45) is 5.73 Å². The highest BCUT2D eigenvalue weighted by Gasteiger charge is 2.03. The summed E-state index contributed by atoms with van der Waals surface area (Å²) in [4.78, 5) is 8.23. The quantitative estimate of drug-likeness (QED) is 0.863. The van der Waals surface area contributed by atoms with Crippen molar-refractivity contribution in [3.05, 3.63) is 42.1 Å². The maximum atomic E-state index is 5.58. The first kappa shape index (κ1) is 13.3. The lowest BCUT2D eigenvalue weighted by Gasteiger charge is -2.07. The van der Waals surface area contributed by atoms with E-state index in [0.717, 1.165) is 12.0 Å². The van der Waals surface area contributed by atoms with E-state index < -0.39 is 0 Å². The van der Waals surface area contributed by atoms with Crippen LogP contribution in [0, 0.1) is 0 Å². The summed E-state index contributed by atoms with van der Waals surface area (Å²) >= 11 is 0. The summed E-state index contributed by atoms with van der Waals surface area (Å²) in [6.45, 7) is 3.13. The van der Waals surface area contributed by atoms with E-state index in [-0.39, 0.29) is 6.01 Å². The normalized spacial score (nSPS) is 10.2. The Labute approximate surface area is 112 Å². The van der Waals surface area contributed by atoms with Crippen molar-refractivity contribution in [2.45, 2.75) is 19.9 Å². The molecule has 1 aromatic heterocycles. The lowest BCUT2D eigenvalue weighted by atomic mass is 10.2. The Hall–Kier alpha value is -2.14. The molecule has 0 spiro atoms. The molecule has 0 unspecified atom stereocenters. The van der Waals surface area contributed by atoms with Gasteiger partial charge in [-0.15, -0.1) is 0 Å². The van der Waals surface area contributed by atoms with Crippen molar-refractivity contribution in [1.82, 2.24) is 9.97 Å². The van der Waals surface area contributed by atoms with Gasteiger partial charge < -0.3 is 15.2 Å². The van der Waals surface area contributed by atoms with Crippen molar-refractivity contribution in [1.29, 1.82) is 0 Å². The van der Waals surface area contributed by atoms with Crippen LogP contribution in [0.1, 0.15) is 18.9 Å². The third-order valence-electron chi connectivity index (χ3n) is 2.41. The highest BCUT2D eigenvalue weighted by atomic mass is 16.5. The largest absolute Gasteiger partial charge is 0.478 e. The number of hydrogen-bond acceptors (Lipinski definition) is 5. The molecule has 0 atom stereocenters. The highest BCUT2D eigenvalue weighted by molar-refractivity contribution is 5.30. The van der Waals surface area contributed by atoms with Crippen molar-refractivity contribution in [3.63, 3.8) is 0 Å². The van der Waals surface area contributed by atoms with Gasteiger partial charge in [-0.2, -0.15) is 4.98 Å². The summed E-state index contributed by atoms with van der Waals surface area (Å²) in [5.41, 5.74) is 6.58. The SMILES string of the molecule is CCCOc1ccnc(Oc2cccc(CN)c2)n1. The fourth-order valence-electron chi connectivity index (χ4n) is 1.50. The van der Waals surface area contributed by atoms with Gasteiger partial charge in [0.1, 0.15) is 5.75 Å². The lowest BCUT2D eigenvalue weighted by Crippen LogP contribution is -2.00. The summed E-state index contributed by atoms with van der Waals surface area (Å²) < 4.78 is 11.0. The van der Waals surface area contributed by atoms with Crippen molar-refractivity contribution in [2.75, 3.05) is 6.61 Å².